The Kier molecular flexibility index (Phi) is 9.61. The normalized spacial score (nSPS) is 16.8. The molecule has 1 unspecified atom stereocenters. The van der Waals surface area contributed by atoms with Crippen molar-refractivity contribution < 1.29 is 13.5 Å². The van der Waals surface area contributed by atoms with Crippen LogP contribution in [0.15, 0.2) is 52.1 Å². The molecule has 1 aliphatic rings. The Morgan fingerprint density at radius 1 is 1.15 bits per heavy atom. The highest BCUT2D eigenvalue weighted by Gasteiger charge is 2.14. The van der Waals surface area contributed by atoms with Crippen LogP contribution in [0.4, 0.5) is 4.39 Å². The zero-order valence-electron chi connectivity index (χ0n) is 15.3. The maximum atomic E-state index is 13.3. The first-order chi connectivity index (χ1) is 12.8. The van der Waals surface area contributed by atoms with Crippen LogP contribution in [0.1, 0.15) is 24.2 Å². The predicted molar refractivity (Wildman–Crippen MR) is 115 cm³/mol. The maximum Gasteiger partial charge on any atom is 0.191 e. The van der Waals surface area contributed by atoms with Gasteiger partial charge in [-0.1, -0.05) is 12.1 Å². The van der Waals surface area contributed by atoms with Gasteiger partial charge in [0, 0.05) is 26.1 Å². The lowest BCUT2D eigenvalue weighted by Crippen LogP contribution is -2.40. The average Bonchev–Trinajstić information content (AvgIpc) is 3.33. The minimum absolute atomic E-state index is 0. The summed E-state index contributed by atoms with van der Waals surface area (Å²) in [6, 6.07) is 10.5. The predicted octanol–water partition coefficient (Wildman–Crippen LogP) is 3.54. The monoisotopic (exact) mass is 487 g/mol. The SMILES string of the molecule is Fc1cccc(CCNC(=NCC2CCCO2)NCCc2ccco2)c1.I. The van der Waals surface area contributed by atoms with Crippen LogP contribution in [0.25, 0.3) is 0 Å². The number of rotatable bonds is 8. The van der Waals surface area contributed by atoms with Crippen molar-refractivity contribution in [3.05, 3.63) is 59.8 Å². The molecular formula is C20H27FIN3O2. The molecule has 148 valence electrons. The van der Waals surface area contributed by atoms with Gasteiger partial charge < -0.3 is 19.8 Å². The van der Waals surface area contributed by atoms with Crippen LogP contribution < -0.4 is 10.6 Å². The fourth-order valence-electron chi connectivity index (χ4n) is 2.93. The molecule has 1 aromatic carbocycles. The molecule has 1 aliphatic heterocycles. The minimum atomic E-state index is -0.202. The van der Waals surface area contributed by atoms with E-state index >= 15 is 0 Å². The number of benzene rings is 1. The van der Waals surface area contributed by atoms with Gasteiger partial charge in [0.15, 0.2) is 5.96 Å². The first-order valence-electron chi connectivity index (χ1n) is 9.20. The number of aliphatic imine (C=N–C) groups is 1. The summed E-state index contributed by atoms with van der Waals surface area (Å²) in [5, 5.41) is 6.65. The summed E-state index contributed by atoms with van der Waals surface area (Å²) >= 11 is 0. The number of nitrogens with zero attached hydrogens (tertiary/aromatic N) is 1. The molecule has 1 saturated heterocycles. The van der Waals surface area contributed by atoms with Gasteiger partial charge >= 0.3 is 0 Å². The lowest BCUT2D eigenvalue weighted by atomic mass is 10.1. The zero-order valence-corrected chi connectivity index (χ0v) is 17.7. The summed E-state index contributed by atoms with van der Waals surface area (Å²) in [6.07, 6.45) is 5.58. The van der Waals surface area contributed by atoms with Crippen LogP contribution in [0, 0.1) is 5.82 Å². The number of ether oxygens (including phenoxy) is 1. The van der Waals surface area contributed by atoms with E-state index in [2.05, 4.69) is 15.6 Å². The van der Waals surface area contributed by atoms with Gasteiger partial charge in [0.2, 0.25) is 0 Å². The number of furan rings is 1. The summed E-state index contributed by atoms with van der Waals surface area (Å²) in [5.41, 5.74) is 0.964. The standard InChI is InChI=1S/C20H26FN3O2.HI/c21-17-5-1-4-16(14-17)8-10-22-20(24-15-19-7-3-13-26-19)23-11-9-18-6-2-12-25-18;/h1-2,4-6,12,14,19H,3,7-11,13,15H2,(H2,22,23,24);1H. The first kappa shape index (κ1) is 21.7. The van der Waals surface area contributed by atoms with Crippen LogP contribution in [-0.2, 0) is 17.6 Å². The van der Waals surface area contributed by atoms with Gasteiger partial charge in [-0.3, -0.25) is 4.99 Å². The van der Waals surface area contributed by atoms with E-state index in [0.717, 1.165) is 56.1 Å². The van der Waals surface area contributed by atoms with Crippen molar-refractivity contribution in [1.82, 2.24) is 10.6 Å². The fraction of sp³-hybridized carbons (Fsp3) is 0.450. The van der Waals surface area contributed by atoms with E-state index < -0.39 is 0 Å². The Balaban J connectivity index is 0.00000261. The smallest absolute Gasteiger partial charge is 0.191 e. The molecule has 0 radical (unpaired) electrons. The summed E-state index contributed by atoms with van der Waals surface area (Å²) in [7, 11) is 0. The molecule has 7 heteroatoms. The summed E-state index contributed by atoms with van der Waals surface area (Å²) in [5.74, 6) is 1.49. The molecule has 0 amide bonds. The van der Waals surface area contributed by atoms with Gasteiger partial charge in [-0.2, -0.15) is 0 Å². The third-order valence-corrected chi connectivity index (χ3v) is 4.32. The number of hydrogen-bond acceptors (Lipinski definition) is 3. The highest BCUT2D eigenvalue weighted by atomic mass is 127. The highest BCUT2D eigenvalue weighted by molar-refractivity contribution is 14.0. The van der Waals surface area contributed by atoms with Gasteiger partial charge in [-0.25, -0.2) is 4.39 Å². The number of guanidine groups is 1. The molecule has 27 heavy (non-hydrogen) atoms. The Bertz CT molecular complexity index is 688. The first-order valence-corrected chi connectivity index (χ1v) is 9.20. The van der Waals surface area contributed by atoms with Crippen molar-refractivity contribution in [3.8, 4) is 0 Å². The van der Waals surface area contributed by atoms with E-state index in [1.807, 2.05) is 18.2 Å². The zero-order chi connectivity index (χ0) is 18.0. The highest BCUT2D eigenvalue weighted by Crippen LogP contribution is 2.11. The van der Waals surface area contributed by atoms with E-state index in [-0.39, 0.29) is 35.9 Å². The molecule has 0 aliphatic carbocycles. The maximum absolute atomic E-state index is 13.3. The van der Waals surface area contributed by atoms with Gasteiger partial charge in [-0.05, 0) is 49.1 Å². The second-order valence-electron chi connectivity index (χ2n) is 6.39. The third-order valence-electron chi connectivity index (χ3n) is 4.32. The van der Waals surface area contributed by atoms with Gasteiger partial charge in [0.25, 0.3) is 0 Å². The fourth-order valence-corrected chi connectivity index (χ4v) is 2.93. The summed E-state index contributed by atoms with van der Waals surface area (Å²) in [4.78, 5) is 4.64. The van der Waals surface area contributed by atoms with Crippen LogP contribution >= 0.6 is 24.0 Å². The van der Waals surface area contributed by atoms with Crippen molar-refractivity contribution in [2.75, 3.05) is 26.2 Å². The average molecular weight is 487 g/mol. The second kappa shape index (κ2) is 12.0. The van der Waals surface area contributed by atoms with E-state index in [1.54, 1.807) is 18.4 Å². The molecule has 1 atom stereocenters. The second-order valence-corrected chi connectivity index (χ2v) is 6.39. The molecule has 2 N–H and O–H groups in total. The van der Waals surface area contributed by atoms with Crippen LogP contribution in [0.5, 0.6) is 0 Å². The van der Waals surface area contributed by atoms with E-state index in [1.165, 1.54) is 6.07 Å². The Labute approximate surface area is 176 Å². The summed E-state index contributed by atoms with van der Waals surface area (Å²) in [6.45, 7) is 2.89. The van der Waals surface area contributed by atoms with Crippen LogP contribution in [-0.4, -0.2) is 38.3 Å². The molecule has 0 saturated carbocycles. The molecule has 5 nitrogen and oxygen atoms in total. The van der Waals surface area contributed by atoms with Gasteiger partial charge in [0.05, 0.1) is 18.9 Å². The summed E-state index contributed by atoms with van der Waals surface area (Å²) < 4.78 is 24.3. The van der Waals surface area contributed by atoms with Crippen molar-refractivity contribution in [2.24, 2.45) is 4.99 Å². The molecule has 0 bridgehead atoms. The lowest BCUT2D eigenvalue weighted by molar-refractivity contribution is 0.117. The Morgan fingerprint density at radius 3 is 2.70 bits per heavy atom. The largest absolute Gasteiger partial charge is 0.469 e. The van der Waals surface area contributed by atoms with Crippen molar-refractivity contribution in [3.63, 3.8) is 0 Å². The van der Waals surface area contributed by atoms with Gasteiger partial charge in [0.1, 0.15) is 11.6 Å². The minimum Gasteiger partial charge on any atom is -0.469 e. The quantitative estimate of drug-likeness (QED) is 0.340. The molecule has 0 spiro atoms. The van der Waals surface area contributed by atoms with Crippen molar-refractivity contribution in [2.45, 2.75) is 31.8 Å². The molecule has 1 aromatic heterocycles. The number of nitrogens with one attached hydrogen (secondary N) is 2. The van der Waals surface area contributed by atoms with Crippen LogP contribution in [0.3, 0.4) is 0 Å². The molecule has 3 rings (SSSR count). The lowest BCUT2D eigenvalue weighted by Gasteiger charge is -2.14. The molecular weight excluding hydrogens is 460 g/mol. The van der Waals surface area contributed by atoms with E-state index in [0.29, 0.717) is 13.1 Å². The Morgan fingerprint density at radius 2 is 2.00 bits per heavy atom. The molecule has 1 fully saturated rings. The molecule has 2 heterocycles. The van der Waals surface area contributed by atoms with Crippen LogP contribution in [0.2, 0.25) is 0 Å². The van der Waals surface area contributed by atoms with Gasteiger partial charge in [-0.15, -0.1) is 24.0 Å². The van der Waals surface area contributed by atoms with E-state index in [4.69, 9.17) is 9.15 Å². The Hall–Kier alpha value is -1.61. The number of halogens is 2. The third kappa shape index (κ3) is 7.88. The molecule has 2 aromatic rings. The van der Waals surface area contributed by atoms with Crippen molar-refractivity contribution >= 4 is 29.9 Å². The number of hydrogen-bond donors (Lipinski definition) is 2. The topological polar surface area (TPSA) is 58.8 Å². The van der Waals surface area contributed by atoms with Crippen molar-refractivity contribution in [1.29, 1.82) is 0 Å². The van der Waals surface area contributed by atoms with E-state index in [9.17, 15) is 4.39 Å².